The monoisotopic (exact) mass is 645 g/mol. The molecule has 0 saturated heterocycles. The van der Waals surface area contributed by atoms with Crippen LogP contribution in [0.2, 0.25) is 0 Å². The van der Waals surface area contributed by atoms with Crippen molar-refractivity contribution in [3.63, 3.8) is 0 Å². The number of nitrogens with zero attached hydrogens (tertiary/aromatic N) is 1. The van der Waals surface area contributed by atoms with E-state index in [1.54, 1.807) is 6.07 Å². The summed E-state index contributed by atoms with van der Waals surface area (Å²) in [6, 6.07) is 1.76. The quantitative estimate of drug-likeness (QED) is 0.166. The molecular weight excluding hydrogens is 631 g/mol. The minimum atomic E-state index is -1.11. The SMILES string of the molecule is CC(=O)Nc1c(I)cc(I)c(C(=O)N(N)CC(O)CO)c1I. The van der Waals surface area contributed by atoms with Crippen LogP contribution in [0, 0.1) is 10.7 Å². The molecule has 1 atom stereocenters. The molecule has 0 spiro atoms. The molecule has 0 saturated carbocycles. The van der Waals surface area contributed by atoms with Crippen molar-refractivity contribution in [2.75, 3.05) is 18.5 Å². The summed E-state index contributed by atoms with van der Waals surface area (Å²) in [4.78, 5) is 23.8. The van der Waals surface area contributed by atoms with Gasteiger partial charge in [0.15, 0.2) is 0 Å². The summed E-state index contributed by atoms with van der Waals surface area (Å²) in [6.45, 7) is 0.709. The zero-order valence-electron chi connectivity index (χ0n) is 11.4. The van der Waals surface area contributed by atoms with Gasteiger partial charge in [-0.15, -0.1) is 0 Å². The number of nitrogens with one attached hydrogen (secondary N) is 1. The van der Waals surface area contributed by atoms with E-state index in [1.165, 1.54) is 6.92 Å². The first-order valence-electron chi connectivity index (χ1n) is 5.99. The molecule has 0 fully saturated rings. The first kappa shape index (κ1) is 20.3. The van der Waals surface area contributed by atoms with Crippen LogP contribution in [0.4, 0.5) is 5.69 Å². The molecule has 5 N–H and O–H groups in total. The van der Waals surface area contributed by atoms with Crippen LogP contribution in [-0.4, -0.2) is 46.3 Å². The highest BCUT2D eigenvalue weighted by Gasteiger charge is 2.24. The standard InChI is InChI=1S/C12H14I3N3O4/c1-5(20)17-11-8(14)2-7(13)9(10(11)15)12(22)18(16)3-6(21)4-19/h2,6,19,21H,3-4,16H2,1H3,(H,17,20). The summed E-state index contributed by atoms with van der Waals surface area (Å²) in [5.74, 6) is 4.93. The second-order valence-corrected chi connectivity index (χ2v) is 7.78. The fraction of sp³-hybridized carbons (Fsp3) is 0.333. The topological polar surface area (TPSA) is 116 Å². The third-order valence-electron chi connectivity index (χ3n) is 2.56. The van der Waals surface area contributed by atoms with Crippen molar-refractivity contribution in [1.29, 1.82) is 0 Å². The van der Waals surface area contributed by atoms with Gasteiger partial charge in [0.2, 0.25) is 5.91 Å². The van der Waals surface area contributed by atoms with E-state index in [9.17, 15) is 14.7 Å². The van der Waals surface area contributed by atoms with E-state index < -0.39 is 18.6 Å². The Hall–Kier alpha value is 0.230. The van der Waals surface area contributed by atoms with Crippen molar-refractivity contribution in [2.24, 2.45) is 5.84 Å². The number of aliphatic hydroxyl groups is 2. The molecule has 1 aromatic rings. The van der Waals surface area contributed by atoms with Gasteiger partial charge in [-0.05, 0) is 73.8 Å². The van der Waals surface area contributed by atoms with E-state index in [0.717, 1.165) is 8.58 Å². The molecule has 10 heteroatoms. The van der Waals surface area contributed by atoms with Gasteiger partial charge in [-0.1, -0.05) is 0 Å². The highest BCUT2D eigenvalue weighted by atomic mass is 127. The number of halogens is 3. The van der Waals surface area contributed by atoms with Crippen molar-refractivity contribution in [3.05, 3.63) is 22.3 Å². The molecule has 0 bridgehead atoms. The summed E-state index contributed by atoms with van der Waals surface area (Å²) >= 11 is 6.07. The highest BCUT2D eigenvalue weighted by Crippen LogP contribution is 2.32. The van der Waals surface area contributed by atoms with Crippen LogP contribution in [0.15, 0.2) is 6.07 Å². The number of anilines is 1. The Morgan fingerprint density at radius 2 is 1.95 bits per heavy atom. The molecule has 1 unspecified atom stereocenters. The maximum atomic E-state index is 12.5. The highest BCUT2D eigenvalue weighted by molar-refractivity contribution is 14.1. The van der Waals surface area contributed by atoms with Crippen LogP contribution in [0.3, 0.4) is 0 Å². The van der Waals surface area contributed by atoms with Gasteiger partial charge < -0.3 is 15.5 Å². The third kappa shape index (κ3) is 5.12. The summed E-state index contributed by atoms with van der Waals surface area (Å²) in [5.41, 5.74) is 0.895. The number of rotatable bonds is 5. The number of hydrogen-bond donors (Lipinski definition) is 4. The van der Waals surface area contributed by atoms with E-state index in [2.05, 4.69) is 27.9 Å². The minimum Gasteiger partial charge on any atom is -0.394 e. The Morgan fingerprint density at radius 1 is 1.36 bits per heavy atom. The fourth-order valence-electron chi connectivity index (χ4n) is 1.59. The van der Waals surface area contributed by atoms with E-state index in [-0.39, 0.29) is 12.5 Å². The smallest absolute Gasteiger partial charge is 0.270 e. The lowest BCUT2D eigenvalue weighted by Crippen LogP contribution is -2.44. The molecule has 0 aliphatic carbocycles. The van der Waals surface area contributed by atoms with E-state index in [0.29, 0.717) is 18.4 Å². The molecular formula is C12H14I3N3O4. The van der Waals surface area contributed by atoms with Crippen molar-refractivity contribution in [2.45, 2.75) is 13.0 Å². The lowest BCUT2D eigenvalue weighted by atomic mass is 10.1. The summed E-state index contributed by atoms with van der Waals surface area (Å²) < 4.78 is 2.06. The Balaban J connectivity index is 3.23. The number of carbonyl (C=O) groups is 2. The molecule has 2 amide bonds. The molecule has 7 nitrogen and oxygen atoms in total. The number of hydrazine groups is 1. The number of aliphatic hydroxyl groups excluding tert-OH is 2. The van der Waals surface area contributed by atoms with Crippen LogP contribution in [-0.2, 0) is 4.79 Å². The average molecular weight is 645 g/mol. The molecule has 0 aromatic heterocycles. The number of carbonyl (C=O) groups excluding carboxylic acids is 2. The maximum absolute atomic E-state index is 12.5. The largest absolute Gasteiger partial charge is 0.394 e. The van der Waals surface area contributed by atoms with Gasteiger partial charge in [-0.3, -0.25) is 14.6 Å². The van der Waals surface area contributed by atoms with Gasteiger partial charge in [-0.25, -0.2) is 5.84 Å². The predicted molar refractivity (Wildman–Crippen MR) is 107 cm³/mol. The van der Waals surface area contributed by atoms with E-state index >= 15 is 0 Å². The first-order chi connectivity index (χ1) is 10.2. The Morgan fingerprint density at radius 3 is 2.45 bits per heavy atom. The maximum Gasteiger partial charge on any atom is 0.270 e. The van der Waals surface area contributed by atoms with Gasteiger partial charge in [0.05, 0.1) is 34.1 Å². The Labute approximate surface area is 168 Å². The Bertz CT molecular complexity index is 597. The zero-order valence-corrected chi connectivity index (χ0v) is 17.9. The molecule has 1 rings (SSSR count). The Kier molecular flexibility index (Phi) is 8.21. The van der Waals surface area contributed by atoms with Crippen LogP contribution in [0.5, 0.6) is 0 Å². The van der Waals surface area contributed by atoms with E-state index in [1.807, 2.05) is 45.2 Å². The van der Waals surface area contributed by atoms with Crippen molar-refractivity contribution in [1.82, 2.24) is 5.01 Å². The molecule has 1 aromatic carbocycles. The van der Waals surface area contributed by atoms with Gasteiger partial charge in [-0.2, -0.15) is 0 Å². The van der Waals surface area contributed by atoms with Gasteiger partial charge in [0.25, 0.3) is 5.91 Å². The lowest BCUT2D eigenvalue weighted by molar-refractivity contribution is -0.114. The van der Waals surface area contributed by atoms with Crippen molar-refractivity contribution >= 4 is 85.3 Å². The fourth-order valence-corrected chi connectivity index (χ4v) is 5.69. The number of hydrogen-bond acceptors (Lipinski definition) is 5. The van der Waals surface area contributed by atoms with Crippen LogP contribution in [0.1, 0.15) is 17.3 Å². The second-order valence-electron chi connectivity index (χ2n) is 4.38. The van der Waals surface area contributed by atoms with E-state index in [4.69, 9.17) is 10.9 Å². The zero-order chi connectivity index (χ0) is 17.0. The number of nitrogens with two attached hydrogens (primary N) is 1. The molecule has 0 radical (unpaired) electrons. The molecule has 122 valence electrons. The number of benzene rings is 1. The van der Waals surface area contributed by atoms with Crippen molar-refractivity contribution in [3.8, 4) is 0 Å². The molecule has 0 heterocycles. The average Bonchev–Trinajstić information content (AvgIpc) is 2.42. The second kappa shape index (κ2) is 8.91. The first-order valence-corrected chi connectivity index (χ1v) is 9.23. The minimum absolute atomic E-state index is 0.192. The lowest BCUT2D eigenvalue weighted by Gasteiger charge is -2.22. The molecule has 0 aliphatic rings. The van der Waals surface area contributed by atoms with Crippen LogP contribution in [0.25, 0.3) is 0 Å². The van der Waals surface area contributed by atoms with Gasteiger partial charge in [0.1, 0.15) is 0 Å². The third-order valence-corrected chi connectivity index (χ3v) is 5.34. The normalized spacial score (nSPS) is 12.0. The predicted octanol–water partition coefficient (Wildman–Crippen LogP) is 1.13. The molecule has 0 aliphatic heterocycles. The summed E-state index contributed by atoms with van der Waals surface area (Å²) in [7, 11) is 0. The van der Waals surface area contributed by atoms with Crippen molar-refractivity contribution < 1.29 is 19.8 Å². The van der Waals surface area contributed by atoms with Crippen LogP contribution >= 0.6 is 67.8 Å². The summed E-state index contributed by atoms with van der Waals surface area (Å²) in [6.07, 6.45) is -1.11. The summed E-state index contributed by atoms with van der Waals surface area (Å²) in [5, 5.41) is 21.8. The number of amides is 2. The molecule has 22 heavy (non-hydrogen) atoms. The van der Waals surface area contributed by atoms with Gasteiger partial charge in [0, 0.05) is 14.1 Å². The van der Waals surface area contributed by atoms with Gasteiger partial charge >= 0.3 is 0 Å². The van der Waals surface area contributed by atoms with Crippen LogP contribution < -0.4 is 11.2 Å².